The van der Waals surface area contributed by atoms with E-state index in [1.54, 1.807) is 0 Å². The molecule has 1 aliphatic rings. The van der Waals surface area contributed by atoms with Crippen molar-refractivity contribution < 1.29 is 0 Å². The molecule has 1 aliphatic heterocycles. The highest BCUT2D eigenvalue weighted by Gasteiger charge is 2.23. The van der Waals surface area contributed by atoms with E-state index in [0.717, 1.165) is 35.2 Å². The Morgan fingerprint density at radius 1 is 0.923 bits per heavy atom. The van der Waals surface area contributed by atoms with Crippen molar-refractivity contribution in [3.63, 3.8) is 0 Å². The third kappa shape index (κ3) is 2.46. The van der Waals surface area contributed by atoms with Gasteiger partial charge in [0.15, 0.2) is 0 Å². The summed E-state index contributed by atoms with van der Waals surface area (Å²) in [5.41, 5.74) is 6.22. The molecule has 0 saturated carbocycles. The van der Waals surface area contributed by atoms with Crippen molar-refractivity contribution in [3.8, 4) is 11.3 Å². The van der Waals surface area contributed by atoms with Crippen LogP contribution in [0.4, 0.5) is 0 Å². The quantitative estimate of drug-likeness (QED) is 0.373. The third-order valence-electron chi connectivity index (χ3n) is 5.39. The van der Waals surface area contributed by atoms with Crippen LogP contribution < -0.4 is 0 Å². The fourth-order valence-corrected chi connectivity index (χ4v) is 4.60. The van der Waals surface area contributed by atoms with E-state index in [-0.39, 0.29) is 0 Å². The van der Waals surface area contributed by atoms with E-state index in [0.29, 0.717) is 0 Å². The van der Waals surface area contributed by atoms with E-state index in [4.69, 9.17) is 4.98 Å². The molecule has 0 spiro atoms. The molecule has 0 saturated heterocycles. The summed E-state index contributed by atoms with van der Waals surface area (Å²) in [6.45, 7) is 2.03. The summed E-state index contributed by atoms with van der Waals surface area (Å²) in [6.07, 6.45) is 1.07. The minimum Gasteiger partial charge on any atom is -0.302 e. The molecule has 2 heterocycles. The summed E-state index contributed by atoms with van der Waals surface area (Å²) >= 11 is 3.73. The average molecular weight is 403 g/mol. The van der Waals surface area contributed by atoms with Gasteiger partial charge >= 0.3 is 0 Å². The molecule has 0 unspecified atom stereocenters. The number of hydrogen-bond donors (Lipinski definition) is 0. The lowest BCUT2D eigenvalue weighted by atomic mass is 9.90. The monoisotopic (exact) mass is 402 g/mol. The molecule has 4 aromatic rings. The molecule has 0 radical (unpaired) electrons. The van der Waals surface area contributed by atoms with Crippen molar-refractivity contribution in [2.24, 2.45) is 0 Å². The topological polar surface area (TPSA) is 16.1 Å². The van der Waals surface area contributed by atoms with E-state index < -0.39 is 0 Å². The molecule has 2 nitrogen and oxygen atoms in total. The maximum Gasteiger partial charge on any atom is 0.0768 e. The maximum absolute atomic E-state index is 5.15. The van der Waals surface area contributed by atoms with Gasteiger partial charge in [-0.25, -0.2) is 4.98 Å². The van der Waals surface area contributed by atoms with Crippen LogP contribution in [-0.2, 0) is 13.0 Å². The summed E-state index contributed by atoms with van der Waals surface area (Å²) in [5.74, 6) is 0. The lowest BCUT2D eigenvalue weighted by molar-refractivity contribution is 0.314. The van der Waals surface area contributed by atoms with Crippen LogP contribution in [0.15, 0.2) is 65.1 Å². The summed E-state index contributed by atoms with van der Waals surface area (Å²) in [5, 5.41) is 3.94. The summed E-state index contributed by atoms with van der Waals surface area (Å²) in [4.78, 5) is 7.54. The molecule has 0 amide bonds. The molecular formula is C23H19BrN2. The highest BCUT2D eigenvalue weighted by Crippen LogP contribution is 2.38. The van der Waals surface area contributed by atoms with Gasteiger partial charge < -0.3 is 4.90 Å². The predicted octanol–water partition coefficient (Wildman–Crippen LogP) is 5.81. The maximum atomic E-state index is 5.15. The van der Waals surface area contributed by atoms with Crippen molar-refractivity contribution in [1.29, 1.82) is 0 Å². The predicted molar refractivity (Wildman–Crippen MR) is 112 cm³/mol. The van der Waals surface area contributed by atoms with Gasteiger partial charge in [-0.05, 0) is 47.5 Å². The second-order valence-corrected chi connectivity index (χ2v) is 7.92. The fourth-order valence-electron chi connectivity index (χ4n) is 4.13. The smallest absolute Gasteiger partial charge is 0.0768 e. The van der Waals surface area contributed by atoms with Crippen LogP contribution in [0, 0.1) is 0 Å². The molecule has 0 aliphatic carbocycles. The van der Waals surface area contributed by atoms with Gasteiger partial charge in [0.2, 0.25) is 0 Å². The van der Waals surface area contributed by atoms with Crippen LogP contribution >= 0.6 is 15.9 Å². The highest BCUT2D eigenvalue weighted by atomic mass is 79.9. The van der Waals surface area contributed by atoms with Crippen LogP contribution in [0.2, 0.25) is 0 Å². The van der Waals surface area contributed by atoms with E-state index in [1.807, 2.05) is 0 Å². The van der Waals surface area contributed by atoms with Gasteiger partial charge in [0, 0.05) is 28.5 Å². The first kappa shape index (κ1) is 16.0. The Labute approximate surface area is 161 Å². The molecule has 128 valence electrons. The number of nitrogens with zero attached hydrogens (tertiary/aromatic N) is 2. The van der Waals surface area contributed by atoms with E-state index in [2.05, 4.69) is 88.5 Å². The summed E-state index contributed by atoms with van der Waals surface area (Å²) < 4.78 is 1.10. The van der Waals surface area contributed by atoms with Gasteiger partial charge in [0.05, 0.1) is 11.2 Å². The number of likely N-dealkylation sites (N-methyl/N-ethyl adjacent to an activating group) is 1. The van der Waals surface area contributed by atoms with Gasteiger partial charge in [0.1, 0.15) is 0 Å². The zero-order chi connectivity index (χ0) is 17.7. The van der Waals surface area contributed by atoms with E-state index in [1.165, 1.54) is 32.8 Å². The zero-order valence-electron chi connectivity index (χ0n) is 14.7. The first-order chi connectivity index (χ1) is 12.7. The highest BCUT2D eigenvalue weighted by molar-refractivity contribution is 9.10. The Kier molecular flexibility index (Phi) is 3.80. The molecule has 0 fully saturated rings. The first-order valence-corrected chi connectivity index (χ1v) is 9.78. The minimum absolute atomic E-state index is 0.943. The largest absolute Gasteiger partial charge is 0.302 e. The van der Waals surface area contributed by atoms with Crippen LogP contribution in [0.3, 0.4) is 0 Å². The lowest BCUT2D eigenvalue weighted by Crippen LogP contribution is -2.27. The van der Waals surface area contributed by atoms with Crippen molar-refractivity contribution in [3.05, 3.63) is 76.3 Å². The lowest BCUT2D eigenvalue weighted by Gasteiger charge is -2.28. The second kappa shape index (κ2) is 6.19. The number of pyridine rings is 1. The fraction of sp³-hybridized carbons (Fsp3) is 0.174. The Morgan fingerprint density at radius 3 is 2.62 bits per heavy atom. The van der Waals surface area contributed by atoms with Crippen molar-refractivity contribution in [2.45, 2.75) is 13.0 Å². The summed E-state index contributed by atoms with van der Waals surface area (Å²) in [7, 11) is 2.19. The van der Waals surface area contributed by atoms with Gasteiger partial charge in [-0.1, -0.05) is 64.5 Å². The zero-order valence-corrected chi connectivity index (χ0v) is 16.3. The van der Waals surface area contributed by atoms with Crippen molar-refractivity contribution in [2.75, 3.05) is 13.6 Å². The molecule has 26 heavy (non-hydrogen) atoms. The van der Waals surface area contributed by atoms with Crippen LogP contribution in [0.25, 0.3) is 32.9 Å². The molecule has 0 bridgehead atoms. The molecule has 0 atom stereocenters. The molecule has 3 heteroatoms. The number of fused-ring (bicyclic) bond motifs is 5. The first-order valence-electron chi connectivity index (χ1n) is 8.99. The van der Waals surface area contributed by atoms with Gasteiger partial charge in [-0.15, -0.1) is 0 Å². The molecule has 1 aromatic heterocycles. The molecule has 3 aromatic carbocycles. The van der Waals surface area contributed by atoms with Crippen molar-refractivity contribution >= 4 is 37.6 Å². The Bertz CT molecular complexity index is 1150. The van der Waals surface area contributed by atoms with E-state index >= 15 is 0 Å². The minimum atomic E-state index is 0.943. The van der Waals surface area contributed by atoms with Crippen LogP contribution in [0.5, 0.6) is 0 Å². The Morgan fingerprint density at radius 2 is 1.73 bits per heavy atom. The van der Waals surface area contributed by atoms with E-state index in [9.17, 15) is 0 Å². The van der Waals surface area contributed by atoms with Crippen molar-refractivity contribution in [1.82, 2.24) is 9.88 Å². The Hall–Kier alpha value is -2.23. The molecular weight excluding hydrogens is 384 g/mol. The number of hydrogen-bond acceptors (Lipinski definition) is 2. The number of halogens is 1. The number of benzene rings is 3. The Balaban J connectivity index is 1.92. The molecule has 5 rings (SSSR count). The number of rotatable bonds is 1. The normalized spacial score (nSPS) is 14.7. The number of aromatic nitrogens is 1. The van der Waals surface area contributed by atoms with Gasteiger partial charge in [-0.2, -0.15) is 0 Å². The van der Waals surface area contributed by atoms with Gasteiger partial charge in [0.25, 0.3) is 0 Å². The SMILES string of the molecule is CN1CCc2c(c(-c3ccccc3Br)nc3ccc4ccccc4c23)C1. The standard InChI is InChI=1S/C23H19BrN2/c1-26-13-12-17-19(14-26)23(18-8-4-5-9-20(18)24)25-21-11-10-15-6-2-3-7-16(15)22(17)21/h2-11H,12-14H2,1H3. The third-order valence-corrected chi connectivity index (χ3v) is 6.08. The average Bonchev–Trinajstić information content (AvgIpc) is 2.67. The van der Waals surface area contributed by atoms with Gasteiger partial charge in [-0.3, -0.25) is 0 Å². The molecule has 0 N–H and O–H groups in total. The van der Waals surface area contributed by atoms with Crippen LogP contribution in [-0.4, -0.2) is 23.5 Å². The summed E-state index contributed by atoms with van der Waals surface area (Å²) in [6, 6.07) is 21.4. The second-order valence-electron chi connectivity index (χ2n) is 7.07. The van der Waals surface area contributed by atoms with Crippen LogP contribution in [0.1, 0.15) is 11.1 Å².